The molecule has 0 saturated carbocycles. The second-order valence-electron chi connectivity index (χ2n) is 8.07. The molecule has 1 unspecified atom stereocenters. The number of sulfonamides is 1. The first-order chi connectivity index (χ1) is 15.3. The highest BCUT2D eigenvalue weighted by atomic mass is 32.2. The van der Waals surface area contributed by atoms with Crippen molar-refractivity contribution < 1.29 is 22.3 Å². The summed E-state index contributed by atoms with van der Waals surface area (Å²) in [5.41, 5.74) is 0.899. The number of carbonyl (C=O) groups excluding carboxylic acids is 1. The first kappa shape index (κ1) is 24.3. The molecule has 3 rings (SSSR count). The molecule has 1 aliphatic rings. The molecule has 7 nitrogen and oxygen atoms in total. The van der Waals surface area contributed by atoms with Gasteiger partial charge in [0.1, 0.15) is 5.82 Å². The molecule has 32 heavy (non-hydrogen) atoms. The van der Waals surface area contributed by atoms with Crippen molar-refractivity contribution in [1.82, 2.24) is 14.5 Å². The molecule has 0 spiro atoms. The Hall–Kier alpha value is -2.33. The molecule has 1 aliphatic heterocycles. The number of piperazine rings is 1. The predicted molar refractivity (Wildman–Crippen MR) is 121 cm³/mol. The smallest absolute Gasteiger partial charge is 0.337 e. The normalized spacial score (nSPS) is 16.6. The van der Waals surface area contributed by atoms with Gasteiger partial charge >= 0.3 is 5.97 Å². The lowest BCUT2D eigenvalue weighted by Gasteiger charge is -2.33. The van der Waals surface area contributed by atoms with E-state index in [1.54, 1.807) is 0 Å². The zero-order chi connectivity index (χ0) is 23.1. The van der Waals surface area contributed by atoms with Crippen LogP contribution in [0.1, 0.15) is 33.9 Å². The van der Waals surface area contributed by atoms with Gasteiger partial charge in [0.25, 0.3) is 0 Å². The van der Waals surface area contributed by atoms with Crippen molar-refractivity contribution in [3.63, 3.8) is 0 Å². The van der Waals surface area contributed by atoms with Crippen LogP contribution in [-0.2, 0) is 20.5 Å². The molecule has 1 heterocycles. The fourth-order valence-electron chi connectivity index (χ4n) is 3.73. The highest BCUT2D eigenvalue weighted by Gasteiger charge is 2.23. The number of ether oxygens (including phenoxy) is 1. The second-order valence-corrected chi connectivity index (χ2v) is 9.83. The third-order valence-electron chi connectivity index (χ3n) is 5.67. The summed E-state index contributed by atoms with van der Waals surface area (Å²) < 4.78 is 47.6. The molecule has 1 saturated heterocycles. The summed E-state index contributed by atoms with van der Waals surface area (Å²) in [4.78, 5) is 16.2. The number of likely N-dealkylation sites (N-methyl/N-ethyl adjacent to an activating group) is 1. The Morgan fingerprint density at radius 2 is 1.81 bits per heavy atom. The first-order valence-electron chi connectivity index (χ1n) is 10.6. The van der Waals surface area contributed by atoms with Gasteiger partial charge < -0.3 is 14.5 Å². The molecule has 0 amide bonds. The number of nitrogens with zero attached hydrogens (tertiary/aromatic N) is 2. The number of rotatable bonds is 9. The third-order valence-corrected chi connectivity index (χ3v) is 7.01. The maximum Gasteiger partial charge on any atom is 0.337 e. The summed E-state index contributed by atoms with van der Waals surface area (Å²) in [5, 5.41) is 0. The van der Waals surface area contributed by atoms with Crippen LogP contribution in [0.25, 0.3) is 0 Å². The average Bonchev–Trinajstić information content (AvgIpc) is 2.79. The summed E-state index contributed by atoms with van der Waals surface area (Å²) >= 11 is 0. The Morgan fingerprint density at radius 1 is 1.12 bits per heavy atom. The molecule has 0 aromatic heterocycles. The van der Waals surface area contributed by atoms with Gasteiger partial charge in [-0.15, -0.1) is 0 Å². The molecular formula is C23H30FN3O4S. The number of hydrogen-bond acceptors (Lipinski definition) is 6. The Balaban J connectivity index is 1.71. The van der Waals surface area contributed by atoms with Crippen LogP contribution in [-0.4, -0.2) is 71.1 Å². The number of halogens is 1. The Kier molecular flexibility index (Phi) is 8.36. The van der Waals surface area contributed by atoms with Gasteiger partial charge in [-0.3, -0.25) is 0 Å². The van der Waals surface area contributed by atoms with Crippen LogP contribution >= 0.6 is 0 Å². The lowest BCUT2D eigenvalue weighted by Crippen LogP contribution is -2.45. The Labute approximate surface area is 189 Å². The van der Waals surface area contributed by atoms with Gasteiger partial charge in [-0.2, -0.15) is 0 Å². The third kappa shape index (κ3) is 6.83. The van der Waals surface area contributed by atoms with Gasteiger partial charge in [0.15, 0.2) is 0 Å². The Morgan fingerprint density at radius 3 is 2.44 bits per heavy atom. The van der Waals surface area contributed by atoms with Crippen molar-refractivity contribution in [2.75, 3.05) is 46.9 Å². The van der Waals surface area contributed by atoms with Crippen LogP contribution in [0, 0.1) is 5.82 Å². The maximum atomic E-state index is 14.4. The number of carbonyl (C=O) groups is 1. The van der Waals surface area contributed by atoms with E-state index in [4.69, 9.17) is 0 Å². The van der Waals surface area contributed by atoms with E-state index in [1.807, 2.05) is 30.3 Å². The molecule has 0 radical (unpaired) electrons. The summed E-state index contributed by atoms with van der Waals surface area (Å²) in [6.45, 7) is 4.63. The Bertz CT molecular complexity index is 1010. The first-order valence-corrected chi connectivity index (χ1v) is 12.3. The molecule has 0 aliphatic carbocycles. The van der Waals surface area contributed by atoms with E-state index in [1.165, 1.54) is 19.2 Å². The molecule has 9 heteroatoms. The van der Waals surface area contributed by atoms with Crippen LogP contribution in [0.2, 0.25) is 0 Å². The minimum atomic E-state index is -3.84. The fraction of sp³-hybridized carbons (Fsp3) is 0.435. The van der Waals surface area contributed by atoms with Crippen molar-refractivity contribution in [3.05, 3.63) is 71.0 Å². The molecule has 1 atom stereocenters. The molecular weight excluding hydrogens is 433 g/mol. The highest BCUT2D eigenvalue weighted by molar-refractivity contribution is 7.88. The van der Waals surface area contributed by atoms with Crippen molar-refractivity contribution in [2.45, 2.75) is 18.2 Å². The molecule has 174 valence electrons. The zero-order valence-electron chi connectivity index (χ0n) is 18.5. The monoisotopic (exact) mass is 463 g/mol. The van der Waals surface area contributed by atoms with Gasteiger partial charge in [-0.1, -0.05) is 36.4 Å². The minimum Gasteiger partial charge on any atom is -0.465 e. The molecule has 2 aromatic rings. The molecule has 1 fully saturated rings. The molecule has 2 aromatic carbocycles. The standard InChI is InChI=1S/C23H30FN3O4S/c1-26-12-14-27(15-13-26)11-10-22(18-6-4-3-5-7-18)25-32(29,30)17-20-9-8-19(16-21(20)24)23(28)31-2/h3-9,16,22,25H,10-15,17H2,1-2H3. The number of hydrogen-bond donors (Lipinski definition) is 1. The van der Waals surface area contributed by atoms with E-state index in [2.05, 4.69) is 26.3 Å². The lowest BCUT2D eigenvalue weighted by molar-refractivity contribution is 0.0600. The van der Waals surface area contributed by atoms with Gasteiger partial charge in [0.2, 0.25) is 10.0 Å². The zero-order valence-corrected chi connectivity index (χ0v) is 19.3. The van der Waals surface area contributed by atoms with Gasteiger partial charge in [0, 0.05) is 44.3 Å². The van der Waals surface area contributed by atoms with Crippen molar-refractivity contribution in [2.24, 2.45) is 0 Å². The van der Waals surface area contributed by atoms with Crippen LogP contribution in [0.5, 0.6) is 0 Å². The predicted octanol–water partition coefficient (Wildman–Crippen LogP) is 2.41. The van der Waals surface area contributed by atoms with Crippen molar-refractivity contribution in [3.8, 4) is 0 Å². The summed E-state index contributed by atoms with van der Waals surface area (Å²) in [6, 6.07) is 12.7. The number of nitrogens with one attached hydrogen (secondary N) is 1. The number of methoxy groups -OCH3 is 1. The minimum absolute atomic E-state index is 0.00367. The van der Waals surface area contributed by atoms with Gasteiger partial charge in [-0.25, -0.2) is 22.3 Å². The van der Waals surface area contributed by atoms with E-state index in [0.717, 1.165) is 44.4 Å². The highest BCUT2D eigenvalue weighted by Crippen LogP contribution is 2.21. The van der Waals surface area contributed by atoms with Gasteiger partial charge in [-0.05, 0) is 31.2 Å². The van der Waals surface area contributed by atoms with E-state index >= 15 is 0 Å². The van der Waals surface area contributed by atoms with Crippen LogP contribution in [0.15, 0.2) is 48.5 Å². The topological polar surface area (TPSA) is 78.9 Å². The fourth-order valence-corrected chi connectivity index (χ4v) is 5.15. The van der Waals surface area contributed by atoms with E-state index in [9.17, 15) is 17.6 Å². The SMILES string of the molecule is COC(=O)c1ccc(CS(=O)(=O)NC(CCN2CCN(C)CC2)c2ccccc2)c(F)c1. The van der Waals surface area contributed by atoms with E-state index in [0.29, 0.717) is 6.42 Å². The number of benzene rings is 2. The second kappa shape index (κ2) is 11.0. The lowest BCUT2D eigenvalue weighted by atomic mass is 10.0. The van der Waals surface area contributed by atoms with Crippen LogP contribution in [0.3, 0.4) is 0 Å². The largest absolute Gasteiger partial charge is 0.465 e. The van der Waals surface area contributed by atoms with E-state index in [-0.39, 0.29) is 11.1 Å². The summed E-state index contributed by atoms with van der Waals surface area (Å²) in [6.07, 6.45) is 0.608. The summed E-state index contributed by atoms with van der Waals surface area (Å²) in [5.74, 6) is -1.95. The average molecular weight is 464 g/mol. The van der Waals surface area contributed by atoms with Crippen LogP contribution < -0.4 is 4.72 Å². The van der Waals surface area contributed by atoms with Crippen molar-refractivity contribution in [1.29, 1.82) is 0 Å². The maximum absolute atomic E-state index is 14.4. The quantitative estimate of drug-likeness (QED) is 0.576. The molecule has 0 bridgehead atoms. The van der Waals surface area contributed by atoms with Crippen molar-refractivity contribution >= 4 is 16.0 Å². The summed E-state index contributed by atoms with van der Waals surface area (Å²) in [7, 11) is -0.543. The number of esters is 1. The molecule has 1 N–H and O–H groups in total. The van der Waals surface area contributed by atoms with Crippen LogP contribution in [0.4, 0.5) is 4.39 Å². The van der Waals surface area contributed by atoms with E-state index < -0.39 is 33.6 Å². The van der Waals surface area contributed by atoms with Gasteiger partial charge in [0.05, 0.1) is 18.4 Å².